The molecule has 0 unspecified atom stereocenters. The molecule has 0 fully saturated rings. The second-order valence-corrected chi connectivity index (χ2v) is 3.88. The van der Waals surface area contributed by atoms with E-state index in [1.165, 1.54) is 12.8 Å². The summed E-state index contributed by atoms with van der Waals surface area (Å²) < 4.78 is 0. The predicted molar refractivity (Wildman–Crippen MR) is 66.2 cm³/mol. The molecule has 1 heterocycles. The van der Waals surface area contributed by atoms with Gasteiger partial charge in [-0.1, -0.05) is 19.8 Å². The van der Waals surface area contributed by atoms with Gasteiger partial charge in [0.15, 0.2) is 5.82 Å². The number of unbranched alkanes of at least 4 members (excludes halogenated alkanes) is 2. The van der Waals surface area contributed by atoms with Crippen molar-refractivity contribution in [2.75, 3.05) is 24.2 Å². The van der Waals surface area contributed by atoms with E-state index in [1.807, 2.05) is 18.0 Å². The van der Waals surface area contributed by atoms with Gasteiger partial charge in [0.2, 0.25) is 0 Å². The SMILES string of the molecule is CCCCCN(C)c1ncc(C#N)cc1N. The van der Waals surface area contributed by atoms with E-state index in [2.05, 4.69) is 11.9 Å². The van der Waals surface area contributed by atoms with E-state index in [0.717, 1.165) is 18.8 Å². The first-order valence-electron chi connectivity index (χ1n) is 5.55. The molecule has 0 saturated carbocycles. The van der Waals surface area contributed by atoms with Crippen LogP contribution in [0.1, 0.15) is 31.7 Å². The minimum atomic E-state index is 0.503. The molecule has 2 N–H and O–H groups in total. The zero-order chi connectivity index (χ0) is 12.0. The van der Waals surface area contributed by atoms with E-state index >= 15 is 0 Å². The molecule has 1 rings (SSSR count). The van der Waals surface area contributed by atoms with E-state index in [-0.39, 0.29) is 0 Å². The van der Waals surface area contributed by atoms with Crippen LogP contribution in [0.25, 0.3) is 0 Å². The molecule has 0 aromatic carbocycles. The van der Waals surface area contributed by atoms with Crippen LogP contribution >= 0.6 is 0 Å². The Balaban J connectivity index is 2.69. The fourth-order valence-electron chi connectivity index (χ4n) is 1.56. The van der Waals surface area contributed by atoms with Crippen LogP contribution in [0.2, 0.25) is 0 Å². The topological polar surface area (TPSA) is 65.9 Å². The molecule has 1 aromatic rings. The number of anilines is 2. The molecule has 0 atom stereocenters. The van der Waals surface area contributed by atoms with Gasteiger partial charge >= 0.3 is 0 Å². The third-order valence-electron chi connectivity index (χ3n) is 2.48. The lowest BCUT2D eigenvalue weighted by atomic mass is 10.2. The normalized spacial score (nSPS) is 9.81. The highest BCUT2D eigenvalue weighted by Crippen LogP contribution is 2.19. The van der Waals surface area contributed by atoms with Gasteiger partial charge in [-0.05, 0) is 12.5 Å². The standard InChI is InChI=1S/C12H18N4/c1-3-4-5-6-16(2)12-11(14)7-10(8-13)9-15-12/h7,9H,3-6,14H2,1-2H3. The number of nitriles is 1. The Morgan fingerprint density at radius 2 is 2.25 bits per heavy atom. The predicted octanol–water partition coefficient (Wildman–Crippen LogP) is 2.16. The van der Waals surface area contributed by atoms with Gasteiger partial charge in [-0.2, -0.15) is 5.26 Å². The van der Waals surface area contributed by atoms with Crippen molar-refractivity contribution in [2.24, 2.45) is 0 Å². The highest BCUT2D eigenvalue weighted by molar-refractivity contribution is 5.64. The highest BCUT2D eigenvalue weighted by atomic mass is 15.2. The molecule has 0 bridgehead atoms. The lowest BCUT2D eigenvalue weighted by Crippen LogP contribution is -2.21. The van der Waals surface area contributed by atoms with Crippen molar-refractivity contribution in [3.8, 4) is 6.07 Å². The molecule has 0 saturated heterocycles. The van der Waals surface area contributed by atoms with Crippen molar-refractivity contribution in [1.82, 2.24) is 4.98 Å². The molecule has 4 nitrogen and oxygen atoms in total. The Kier molecular flexibility index (Phi) is 4.59. The van der Waals surface area contributed by atoms with Crippen LogP contribution in [-0.4, -0.2) is 18.6 Å². The van der Waals surface area contributed by atoms with Gasteiger partial charge in [0.1, 0.15) is 6.07 Å². The van der Waals surface area contributed by atoms with Gasteiger partial charge in [-0.25, -0.2) is 4.98 Å². The smallest absolute Gasteiger partial charge is 0.151 e. The van der Waals surface area contributed by atoms with E-state index in [9.17, 15) is 0 Å². The van der Waals surface area contributed by atoms with Crippen LogP contribution in [-0.2, 0) is 0 Å². The number of nitrogen functional groups attached to an aromatic ring is 1. The average molecular weight is 218 g/mol. The molecular formula is C12H18N4. The van der Waals surface area contributed by atoms with Gasteiger partial charge in [0.25, 0.3) is 0 Å². The van der Waals surface area contributed by atoms with Crippen LogP contribution in [0.3, 0.4) is 0 Å². The summed E-state index contributed by atoms with van der Waals surface area (Å²) >= 11 is 0. The number of hydrogen-bond donors (Lipinski definition) is 1. The van der Waals surface area contributed by atoms with Crippen LogP contribution in [0.5, 0.6) is 0 Å². The quantitative estimate of drug-likeness (QED) is 0.769. The lowest BCUT2D eigenvalue weighted by Gasteiger charge is -2.19. The van der Waals surface area contributed by atoms with E-state index < -0.39 is 0 Å². The summed E-state index contributed by atoms with van der Waals surface area (Å²) in [6.45, 7) is 3.12. The molecular weight excluding hydrogens is 200 g/mol. The van der Waals surface area contributed by atoms with Crippen LogP contribution in [0, 0.1) is 11.3 Å². The number of hydrogen-bond acceptors (Lipinski definition) is 4. The number of nitrogens with zero attached hydrogens (tertiary/aromatic N) is 3. The van der Waals surface area contributed by atoms with Gasteiger partial charge in [-0.3, -0.25) is 0 Å². The van der Waals surface area contributed by atoms with Crippen molar-refractivity contribution >= 4 is 11.5 Å². The summed E-state index contributed by atoms with van der Waals surface area (Å²) in [5, 5.41) is 8.71. The zero-order valence-electron chi connectivity index (χ0n) is 9.90. The van der Waals surface area contributed by atoms with E-state index in [1.54, 1.807) is 12.3 Å². The van der Waals surface area contributed by atoms with Crippen molar-refractivity contribution < 1.29 is 0 Å². The fourth-order valence-corrected chi connectivity index (χ4v) is 1.56. The molecule has 0 aliphatic heterocycles. The molecule has 16 heavy (non-hydrogen) atoms. The summed E-state index contributed by atoms with van der Waals surface area (Å²) in [6, 6.07) is 3.69. The molecule has 0 amide bonds. The number of rotatable bonds is 5. The molecule has 0 radical (unpaired) electrons. The number of pyridine rings is 1. The first kappa shape index (κ1) is 12.3. The highest BCUT2D eigenvalue weighted by Gasteiger charge is 2.07. The van der Waals surface area contributed by atoms with Crippen molar-refractivity contribution in [2.45, 2.75) is 26.2 Å². The second kappa shape index (κ2) is 5.96. The Hall–Kier alpha value is -1.76. The molecule has 0 aliphatic carbocycles. The molecule has 86 valence electrons. The maximum atomic E-state index is 8.71. The Labute approximate surface area is 96.7 Å². The van der Waals surface area contributed by atoms with Gasteiger partial charge in [0, 0.05) is 19.8 Å². The summed E-state index contributed by atoms with van der Waals surface area (Å²) in [6.07, 6.45) is 5.10. The zero-order valence-corrected chi connectivity index (χ0v) is 9.90. The largest absolute Gasteiger partial charge is 0.396 e. The van der Waals surface area contributed by atoms with Crippen molar-refractivity contribution in [3.63, 3.8) is 0 Å². The first-order chi connectivity index (χ1) is 7.69. The number of nitrogens with two attached hydrogens (primary N) is 1. The summed E-state index contributed by atoms with van der Waals surface area (Å²) in [4.78, 5) is 6.24. The Morgan fingerprint density at radius 1 is 1.50 bits per heavy atom. The van der Waals surface area contributed by atoms with Crippen LogP contribution in [0.4, 0.5) is 11.5 Å². The van der Waals surface area contributed by atoms with Gasteiger partial charge < -0.3 is 10.6 Å². The van der Waals surface area contributed by atoms with Crippen molar-refractivity contribution in [3.05, 3.63) is 17.8 Å². The average Bonchev–Trinajstić information content (AvgIpc) is 2.29. The van der Waals surface area contributed by atoms with Crippen LogP contribution in [0.15, 0.2) is 12.3 Å². The maximum Gasteiger partial charge on any atom is 0.151 e. The monoisotopic (exact) mass is 218 g/mol. The molecule has 4 heteroatoms. The maximum absolute atomic E-state index is 8.71. The number of aromatic nitrogens is 1. The molecule has 0 spiro atoms. The third-order valence-corrected chi connectivity index (χ3v) is 2.48. The molecule has 0 aliphatic rings. The minimum Gasteiger partial charge on any atom is -0.396 e. The van der Waals surface area contributed by atoms with E-state index in [4.69, 9.17) is 11.0 Å². The summed E-state index contributed by atoms with van der Waals surface area (Å²) in [5.41, 5.74) is 6.92. The Bertz CT molecular complexity index is 381. The van der Waals surface area contributed by atoms with Crippen molar-refractivity contribution in [1.29, 1.82) is 5.26 Å². The van der Waals surface area contributed by atoms with Gasteiger partial charge in [0.05, 0.1) is 11.3 Å². The second-order valence-electron chi connectivity index (χ2n) is 3.88. The third kappa shape index (κ3) is 3.13. The first-order valence-corrected chi connectivity index (χ1v) is 5.55. The Morgan fingerprint density at radius 3 is 2.81 bits per heavy atom. The van der Waals surface area contributed by atoms with E-state index in [0.29, 0.717) is 11.3 Å². The lowest BCUT2D eigenvalue weighted by molar-refractivity contribution is 0.702. The van der Waals surface area contributed by atoms with Crippen LogP contribution < -0.4 is 10.6 Å². The molecule has 1 aromatic heterocycles. The minimum absolute atomic E-state index is 0.503. The fraction of sp³-hybridized carbons (Fsp3) is 0.500. The van der Waals surface area contributed by atoms with Gasteiger partial charge in [-0.15, -0.1) is 0 Å². The summed E-state index contributed by atoms with van der Waals surface area (Å²) in [5.74, 6) is 0.759. The summed E-state index contributed by atoms with van der Waals surface area (Å²) in [7, 11) is 1.97.